The van der Waals surface area contributed by atoms with Crippen molar-refractivity contribution in [2.45, 2.75) is 13.8 Å². The highest BCUT2D eigenvalue weighted by molar-refractivity contribution is 6.09. The minimum atomic E-state index is 0.754. The molecule has 5 heteroatoms. The maximum Gasteiger partial charge on any atom is 0.137 e. The summed E-state index contributed by atoms with van der Waals surface area (Å²) in [6.45, 7) is 4.26. The second kappa shape index (κ2) is 8.35. The Morgan fingerprint density at radius 3 is 2.35 bits per heavy atom. The number of aryl methyl sites for hydroxylation is 2. The number of rotatable bonds is 4. The zero-order chi connectivity index (χ0) is 24.9. The van der Waals surface area contributed by atoms with Crippen LogP contribution in [0.1, 0.15) is 11.1 Å². The molecule has 37 heavy (non-hydrogen) atoms. The topological polar surface area (TPSA) is 44.9 Å². The Morgan fingerprint density at radius 1 is 0.649 bits per heavy atom. The van der Waals surface area contributed by atoms with Crippen LogP contribution in [0.5, 0.6) is 11.5 Å². The molecule has 0 radical (unpaired) electrons. The van der Waals surface area contributed by atoms with Crippen molar-refractivity contribution in [1.29, 1.82) is 0 Å². The Kier molecular flexibility index (Phi) is 4.83. The molecule has 0 aliphatic heterocycles. The molecule has 0 unspecified atom stereocenters. The smallest absolute Gasteiger partial charge is 0.137 e. The third kappa shape index (κ3) is 3.55. The van der Waals surface area contributed by atoms with Crippen LogP contribution < -0.4 is 4.74 Å². The van der Waals surface area contributed by atoms with Crippen molar-refractivity contribution in [3.8, 4) is 23.0 Å². The van der Waals surface area contributed by atoms with Gasteiger partial charge in [-0.25, -0.2) is 9.67 Å². The van der Waals surface area contributed by atoms with Gasteiger partial charge in [0.25, 0.3) is 0 Å². The summed E-state index contributed by atoms with van der Waals surface area (Å²) < 4.78 is 10.5. The molecule has 7 aromatic rings. The molecule has 0 aliphatic carbocycles. The van der Waals surface area contributed by atoms with E-state index in [0.717, 1.165) is 50.3 Å². The first-order valence-corrected chi connectivity index (χ1v) is 12.3. The number of para-hydroxylation sites is 1. The van der Waals surface area contributed by atoms with E-state index in [-0.39, 0.29) is 0 Å². The first-order valence-electron chi connectivity index (χ1n) is 12.3. The summed E-state index contributed by atoms with van der Waals surface area (Å²) in [4.78, 5) is 4.62. The molecule has 0 bridgehead atoms. The number of benzene rings is 4. The van der Waals surface area contributed by atoms with Gasteiger partial charge in [0.15, 0.2) is 0 Å². The molecular weight excluding hydrogens is 456 g/mol. The van der Waals surface area contributed by atoms with Crippen molar-refractivity contribution in [1.82, 2.24) is 19.3 Å². The number of nitrogens with zero attached hydrogens (tertiary/aromatic N) is 4. The second-order valence-corrected chi connectivity index (χ2v) is 9.37. The predicted molar refractivity (Wildman–Crippen MR) is 149 cm³/mol. The molecule has 0 saturated heterocycles. The number of aromatic nitrogens is 4. The van der Waals surface area contributed by atoms with Crippen molar-refractivity contribution in [3.63, 3.8) is 0 Å². The molecule has 0 fully saturated rings. The largest absolute Gasteiger partial charge is 0.457 e. The lowest BCUT2D eigenvalue weighted by Crippen LogP contribution is -1.97. The molecular formula is C32H24N4O. The molecule has 0 aliphatic rings. The Hall–Kier alpha value is -4.90. The lowest BCUT2D eigenvalue weighted by molar-refractivity contribution is 0.483. The molecule has 0 amide bonds. The number of fused-ring (bicyclic) bond motifs is 4. The van der Waals surface area contributed by atoms with E-state index >= 15 is 0 Å². The highest BCUT2D eigenvalue weighted by Gasteiger charge is 2.14. The van der Waals surface area contributed by atoms with Gasteiger partial charge in [-0.3, -0.25) is 4.57 Å². The molecule has 5 nitrogen and oxygen atoms in total. The molecule has 0 N–H and O–H groups in total. The first-order chi connectivity index (χ1) is 18.2. The fourth-order valence-corrected chi connectivity index (χ4v) is 5.06. The van der Waals surface area contributed by atoms with E-state index in [1.165, 1.54) is 16.5 Å². The van der Waals surface area contributed by atoms with Gasteiger partial charge in [-0.1, -0.05) is 30.3 Å². The van der Waals surface area contributed by atoms with E-state index < -0.39 is 0 Å². The van der Waals surface area contributed by atoms with Crippen LogP contribution in [0, 0.1) is 13.8 Å². The van der Waals surface area contributed by atoms with Crippen LogP contribution in [0.3, 0.4) is 0 Å². The van der Waals surface area contributed by atoms with Crippen molar-refractivity contribution in [2.24, 2.45) is 0 Å². The van der Waals surface area contributed by atoms with Crippen LogP contribution in [0.4, 0.5) is 0 Å². The fourth-order valence-electron chi connectivity index (χ4n) is 5.06. The average Bonchev–Trinajstić information content (AvgIpc) is 3.48. The summed E-state index contributed by atoms with van der Waals surface area (Å²) in [5.74, 6) is 2.40. The highest BCUT2D eigenvalue weighted by Crippen LogP contribution is 2.35. The Balaban J connectivity index is 1.31. The van der Waals surface area contributed by atoms with Gasteiger partial charge in [-0.2, -0.15) is 5.10 Å². The van der Waals surface area contributed by atoms with Crippen LogP contribution in [-0.4, -0.2) is 19.3 Å². The molecule has 3 heterocycles. The monoisotopic (exact) mass is 480 g/mol. The summed E-state index contributed by atoms with van der Waals surface area (Å²) in [6, 6.07) is 33.1. The van der Waals surface area contributed by atoms with Crippen LogP contribution in [0.15, 0.2) is 109 Å². The van der Waals surface area contributed by atoms with Crippen molar-refractivity contribution in [2.75, 3.05) is 0 Å². The standard InChI is InChI=1S/C32H24N4O/c1-21-16-23-20-34-36(30(23)17-22(21)2)24-8-7-9-25(18-24)37-26-13-14-28-27-10-3-4-11-29(27)35(31(28)19-26)32-12-5-6-15-33-32/h3-20H,1-2H3. The molecule has 4 aromatic carbocycles. The maximum atomic E-state index is 6.39. The summed E-state index contributed by atoms with van der Waals surface area (Å²) in [7, 11) is 0. The first kappa shape index (κ1) is 21.4. The Bertz CT molecular complexity index is 1930. The van der Waals surface area contributed by atoms with Gasteiger partial charge in [-0.05, 0) is 79.6 Å². The predicted octanol–water partition coefficient (Wildman–Crippen LogP) is 7.93. The normalized spacial score (nSPS) is 11.5. The zero-order valence-electron chi connectivity index (χ0n) is 20.6. The number of ether oxygens (including phenoxy) is 1. The second-order valence-electron chi connectivity index (χ2n) is 9.37. The molecule has 0 spiro atoms. The third-order valence-electron chi connectivity index (χ3n) is 7.00. The average molecular weight is 481 g/mol. The molecule has 0 saturated carbocycles. The van der Waals surface area contributed by atoms with Crippen molar-refractivity contribution < 1.29 is 4.74 Å². The van der Waals surface area contributed by atoms with E-state index in [2.05, 4.69) is 83.1 Å². The van der Waals surface area contributed by atoms with Crippen LogP contribution in [0.2, 0.25) is 0 Å². The molecule has 178 valence electrons. The quantitative estimate of drug-likeness (QED) is 0.257. The number of hydrogen-bond donors (Lipinski definition) is 0. The van der Waals surface area contributed by atoms with Crippen molar-refractivity contribution >= 4 is 32.7 Å². The van der Waals surface area contributed by atoms with E-state index in [4.69, 9.17) is 4.74 Å². The summed E-state index contributed by atoms with van der Waals surface area (Å²) in [5, 5.41) is 8.13. The van der Waals surface area contributed by atoms with Gasteiger partial charge in [0, 0.05) is 34.5 Å². The van der Waals surface area contributed by atoms with E-state index in [0.29, 0.717) is 0 Å². The summed E-state index contributed by atoms with van der Waals surface area (Å²) in [6.07, 6.45) is 3.74. The minimum absolute atomic E-state index is 0.754. The Labute approximate surface area is 214 Å². The van der Waals surface area contributed by atoms with E-state index in [1.54, 1.807) is 0 Å². The van der Waals surface area contributed by atoms with Gasteiger partial charge in [0.2, 0.25) is 0 Å². The number of hydrogen-bond acceptors (Lipinski definition) is 3. The number of pyridine rings is 1. The van der Waals surface area contributed by atoms with Crippen LogP contribution >= 0.6 is 0 Å². The van der Waals surface area contributed by atoms with Gasteiger partial charge in [0.1, 0.15) is 17.3 Å². The van der Waals surface area contributed by atoms with Gasteiger partial charge in [0.05, 0.1) is 28.4 Å². The Morgan fingerprint density at radius 2 is 1.46 bits per heavy atom. The molecule has 7 rings (SSSR count). The van der Waals surface area contributed by atoms with Gasteiger partial charge in [-0.15, -0.1) is 0 Å². The minimum Gasteiger partial charge on any atom is -0.457 e. The lowest BCUT2D eigenvalue weighted by atomic mass is 10.1. The lowest BCUT2D eigenvalue weighted by Gasteiger charge is -2.11. The van der Waals surface area contributed by atoms with E-state index in [9.17, 15) is 0 Å². The zero-order valence-corrected chi connectivity index (χ0v) is 20.6. The van der Waals surface area contributed by atoms with Crippen LogP contribution in [-0.2, 0) is 0 Å². The van der Waals surface area contributed by atoms with Crippen molar-refractivity contribution in [3.05, 3.63) is 121 Å². The SMILES string of the molecule is Cc1cc2cnn(-c3cccc(Oc4ccc5c6ccccc6n(-c6ccccn6)c5c4)c3)c2cc1C. The maximum absolute atomic E-state index is 6.39. The van der Waals surface area contributed by atoms with Gasteiger partial charge < -0.3 is 4.74 Å². The third-order valence-corrected chi connectivity index (χ3v) is 7.00. The highest BCUT2D eigenvalue weighted by atomic mass is 16.5. The fraction of sp³-hybridized carbons (Fsp3) is 0.0625. The molecule has 0 atom stereocenters. The van der Waals surface area contributed by atoms with Gasteiger partial charge >= 0.3 is 0 Å². The van der Waals surface area contributed by atoms with E-state index in [1.807, 2.05) is 59.5 Å². The summed E-state index contributed by atoms with van der Waals surface area (Å²) >= 11 is 0. The molecule has 3 aromatic heterocycles. The summed E-state index contributed by atoms with van der Waals surface area (Å²) in [5.41, 5.74) is 6.73. The van der Waals surface area contributed by atoms with Crippen LogP contribution in [0.25, 0.3) is 44.2 Å².